The van der Waals surface area contributed by atoms with Crippen LogP contribution in [0.4, 0.5) is 23.7 Å². The number of nitrogens with zero attached hydrogens (tertiary/aromatic N) is 2. The van der Waals surface area contributed by atoms with Crippen LogP contribution in [0.5, 0.6) is 0 Å². The van der Waals surface area contributed by atoms with E-state index in [1.54, 1.807) is 35.2 Å². The molecule has 0 spiro atoms. The number of carbonyl (C=O) groups is 1. The summed E-state index contributed by atoms with van der Waals surface area (Å²) in [5.74, 6) is -1.47. The first-order chi connectivity index (χ1) is 15.5. The van der Waals surface area contributed by atoms with Crippen molar-refractivity contribution in [1.29, 1.82) is 0 Å². The molecule has 1 unspecified atom stereocenters. The van der Waals surface area contributed by atoms with Crippen molar-refractivity contribution in [1.82, 2.24) is 9.88 Å². The number of fused-ring (bicyclic) bond motifs is 1. The van der Waals surface area contributed by atoms with Crippen LogP contribution in [0.25, 0.3) is 22.2 Å². The molecule has 32 heavy (non-hydrogen) atoms. The van der Waals surface area contributed by atoms with Crippen molar-refractivity contribution in [3.8, 4) is 11.1 Å². The zero-order valence-electron chi connectivity index (χ0n) is 16.8. The van der Waals surface area contributed by atoms with E-state index < -0.39 is 29.5 Å². The van der Waals surface area contributed by atoms with Gasteiger partial charge in [-0.1, -0.05) is 18.2 Å². The third kappa shape index (κ3) is 3.68. The number of anilines is 1. The lowest BCUT2D eigenvalue weighted by Gasteiger charge is -2.22. The molecule has 1 N–H and O–H groups in total. The molecular weight excluding hydrogens is 419 g/mol. The highest BCUT2D eigenvalue weighted by Gasteiger charge is 2.34. The van der Waals surface area contributed by atoms with Crippen LogP contribution in [0.3, 0.4) is 0 Å². The second-order valence-electron chi connectivity index (χ2n) is 7.62. The number of oxazole rings is 1. The van der Waals surface area contributed by atoms with Crippen LogP contribution in [0.15, 0.2) is 65.1 Å². The Morgan fingerprint density at radius 2 is 1.88 bits per heavy atom. The Labute approximate surface area is 181 Å². The molecule has 2 amide bonds. The van der Waals surface area contributed by atoms with E-state index in [4.69, 9.17) is 4.42 Å². The van der Waals surface area contributed by atoms with Crippen molar-refractivity contribution in [2.45, 2.75) is 18.9 Å². The Morgan fingerprint density at radius 3 is 2.69 bits per heavy atom. The summed E-state index contributed by atoms with van der Waals surface area (Å²) in [4.78, 5) is 18.9. The van der Waals surface area contributed by atoms with E-state index in [1.165, 1.54) is 24.3 Å². The van der Waals surface area contributed by atoms with Crippen LogP contribution in [0.2, 0.25) is 0 Å². The van der Waals surface area contributed by atoms with Gasteiger partial charge < -0.3 is 14.6 Å². The number of rotatable bonds is 3. The normalized spacial score (nSPS) is 16.0. The number of benzene rings is 3. The maximum absolute atomic E-state index is 14.2. The van der Waals surface area contributed by atoms with Crippen LogP contribution in [0.1, 0.15) is 24.8 Å². The zero-order chi connectivity index (χ0) is 22.2. The highest BCUT2D eigenvalue weighted by Crippen LogP contribution is 2.35. The predicted octanol–water partition coefficient (Wildman–Crippen LogP) is 6.28. The second kappa shape index (κ2) is 8.03. The van der Waals surface area contributed by atoms with Crippen molar-refractivity contribution in [3.63, 3.8) is 0 Å². The van der Waals surface area contributed by atoms with Gasteiger partial charge in [0.1, 0.15) is 29.0 Å². The number of nitrogens with one attached hydrogen (secondary N) is 1. The largest absolute Gasteiger partial charge is 0.438 e. The first-order valence-electron chi connectivity index (χ1n) is 10.2. The van der Waals surface area contributed by atoms with E-state index in [1.807, 2.05) is 0 Å². The molecule has 1 saturated heterocycles. The Morgan fingerprint density at radius 1 is 1.03 bits per heavy atom. The minimum Gasteiger partial charge on any atom is -0.438 e. The minimum atomic E-state index is -0.667. The number of halogens is 3. The molecule has 5 nitrogen and oxygen atoms in total. The Hall–Kier alpha value is -3.81. The average molecular weight is 437 g/mol. The van der Waals surface area contributed by atoms with Crippen LogP contribution in [-0.4, -0.2) is 22.5 Å². The SMILES string of the molecule is O=C(Nc1ccccc1F)N1CCCC1c1nc2cc(-c3ccc(F)cc3F)ccc2o1. The van der Waals surface area contributed by atoms with E-state index in [-0.39, 0.29) is 11.3 Å². The van der Waals surface area contributed by atoms with E-state index in [0.29, 0.717) is 35.5 Å². The Bertz CT molecular complexity index is 1320. The van der Waals surface area contributed by atoms with Crippen LogP contribution in [-0.2, 0) is 0 Å². The summed E-state index contributed by atoms with van der Waals surface area (Å²) in [5.41, 5.74) is 1.89. The maximum atomic E-state index is 14.2. The quantitative estimate of drug-likeness (QED) is 0.410. The summed E-state index contributed by atoms with van der Waals surface area (Å²) in [7, 11) is 0. The fourth-order valence-electron chi connectivity index (χ4n) is 4.00. The van der Waals surface area contributed by atoms with Gasteiger partial charge in [0.15, 0.2) is 5.58 Å². The summed E-state index contributed by atoms with van der Waals surface area (Å²) in [6, 6.07) is 13.5. The maximum Gasteiger partial charge on any atom is 0.322 e. The van der Waals surface area contributed by atoms with E-state index in [9.17, 15) is 18.0 Å². The molecule has 1 aromatic heterocycles. The fraction of sp³-hybridized carbons (Fsp3) is 0.167. The topological polar surface area (TPSA) is 58.4 Å². The molecule has 8 heteroatoms. The van der Waals surface area contributed by atoms with E-state index in [2.05, 4.69) is 10.3 Å². The average Bonchev–Trinajstić information content (AvgIpc) is 3.41. The van der Waals surface area contributed by atoms with Gasteiger partial charge in [0.2, 0.25) is 5.89 Å². The minimum absolute atomic E-state index is 0.103. The summed E-state index contributed by atoms with van der Waals surface area (Å²) < 4.78 is 47.2. The molecule has 0 aliphatic carbocycles. The molecule has 0 bridgehead atoms. The number of likely N-dealkylation sites (tertiary alicyclic amines) is 1. The van der Waals surface area contributed by atoms with Crippen molar-refractivity contribution < 1.29 is 22.4 Å². The molecule has 1 atom stereocenters. The number of carbonyl (C=O) groups excluding carboxylic acids is 1. The van der Waals surface area contributed by atoms with Gasteiger partial charge in [0.05, 0.1) is 5.69 Å². The lowest BCUT2D eigenvalue weighted by molar-refractivity contribution is 0.198. The van der Waals surface area contributed by atoms with Gasteiger partial charge in [-0.25, -0.2) is 22.9 Å². The fourth-order valence-corrected chi connectivity index (χ4v) is 4.00. The smallest absolute Gasteiger partial charge is 0.322 e. The summed E-state index contributed by atoms with van der Waals surface area (Å²) in [5, 5.41) is 2.60. The molecule has 1 fully saturated rings. The molecule has 162 valence electrons. The second-order valence-corrected chi connectivity index (χ2v) is 7.62. The van der Waals surface area contributed by atoms with E-state index >= 15 is 0 Å². The number of para-hydroxylation sites is 1. The number of aromatic nitrogens is 1. The van der Waals surface area contributed by atoms with Gasteiger partial charge in [0.25, 0.3) is 0 Å². The van der Waals surface area contributed by atoms with Gasteiger partial charge in [-0.3, -0.25) is 0 Å². The molecular formula is C24H18F3N3O2. The van der Waals surface area contributed by atoms with Crippen molar-refractivity contribution >= 4 is 22.8 Å². The summed E-state index contributed by atoms with van der Waals surface area (Å²) in [6.07, 6.45) is 1.40. The third-order valence-electron chi connectivity index (χ3n) is 5.56. The molecule has 0 radical (unpaired) electrons. The van der Waals surface area contributed by atoms with E-state index in [0.717, 1.165) is 12.5 Å². The van der Waals surface area contributed by atoms with Gasteiger partial charge in [-0.05, 0) is 54.8 Å². The van der Waals surface area contributed by atoms with Crippen LogP contribution >= 0.6 is 0 Å². The Kier molecular flexibility index (Phi) is 5.05. The van der Waals surface area contributed by atoms with Crippen molar-refractivity contribution in [3.05, 3.63) is 84.0 Å². The lowest BCUT2D eigenvalue weighted by atomic mass is 10.0. The molecule has 1 aliphatic heterocycles. The van der Waals surface area contributed by atoms with Crippen molar-refractivity contribution in [2.75, 3.05) is 11.9 Å². The summed E-state index contributed by atoms with van der Waals surface area (Å²) in [6.45, 7) is 0.482. The molecule has 2 heterocycles. The summed E-state index contributed by atoms with van der Waals surface area (Å²) >= 11 is 0. The lowest BCUT2D eigenvalue weighted by Crippen LogP contribution is -2.34. The highest BCUT2D eigenvalue weighted by molar-refractivity contribution is 5.90. The number of urea groups is 1. The first-order valence-corrected chi connectivity index (χ1v) is 10.2. The highest BCUT2D eigenvalue weighted by atomic mass is 19.1. The van der Waals surface area contributed by atoms with Gasteiger partial charge in [0, 0.05) is 18.2 Å². The van der Waals surface area contributed by atoms with Crippen LogP contribution < -0.4 is 5.32 Å². The van der Waals surface area contributed by atoms with Crippen molar-refractivity contribution in [2.24, 2.45) is 0 Å². The van der Waals surface area contributed by atoms with Crippen LogP contribution in [0, 0.1) is 17.5 Å². The molecule has 3 aromatic carbocycles. The van der Waals surface area contributed by atoms with Gasteiger partial charge in [-0.2, -0.15) is 0 Å². The number of hydrogen-bond donors (Lipinski definition) is 1. The zero-order valence-corrected chi connectivity index (χ0v) is 16.8. The van der Waals surface area contributed by atoms with Gasteiger partial charge >= 0.3 is 6.03 Å². The molecule has 0 saturated carbocycles. The number of hydrogen-bond acceptors (Lipinski definition) is 3. The predicted molar refractivity (Wildman–Crippen MR) is 113 cm³/mol. The number of amides is 2. The molecule has 1 aliphatic rings. The standard InChI is InChI=1S/C24H18F3N3O2/c25-15-8-9-16(18(27)13-15)14-7-10-22-20(12-14)28-23(32-22)21-6-3-11-30(21)24(31)29-19-5-2-1-4-17(19)26/h1-2,4-5,7-10,12-13,21H,3,6,11H2,(H,29,31). The first kappa shape index (κ1) is 20.1. The van der Waals surface area contributed by atoms with Gasteiger partial charge in [-0.15, -0.1) is 0 Å². The molecule has 5 rings (SSSR count). The Balaban J connectivity index is 1.42. The monoisotopic (exact) mass is 437 g/mol. The third-order valence-corrected chi connectivity index (χ3v) is 5.56. The molecule has 4 aromatic rings.